The van der Waals surface area contributed by atoms with E-state index in [4.69, 9.17) is 0 Å². The van der Waals surface area contributed by atoms with E-state index in [1.165, 1.54) is 0 Å². The number of hydrogen-bond donors (Lipinski definition) is 1. The topological polar surface area (TPSA) is 29.1 Å². The zero-order valence-corrected chi connectivity index (χ0v) is 10.5. The normalized spacial score (nSPS) is 23.7. The number of amides is 1. The fraction of sp³-hybridized carbons (Fsp3) is 0.417. The van der Waals surface area contributed by atoms with Gasteiger partial charge in [0.2, 0.25) is 5.91 Å². The molecule has 0 spiro atoms. The van der Waals surface area contributed by atoms with Crippen LogP contribution in [0.5, 0.6) is 0 Å². The van der Waals surface area contributed by atoms with E-state index >= 15 is 0 Å². The first-order valence-corrected chi connectivity index (χ1v) is 5.94. The standard InChI is InChI=1S/C12H14BrNO/c1-7-3-4-10(13)11(5-7)14-12(15)9-6-8(9)2/h3-5,8-9H,6H2,1-2H3,(H,14,15). The molecule has 1 saturated carbocycles. The van der Waals surface area contributed by atoms with Crippen LogP contribution >= 0.6 is 15.9 Å². The minimum atomic E-state index is 0.147. The van der Waals surface area contributed by atoms with E-state index in [0.717, 1.165) is 22.1 Å². The van der Waals surface area contributed by atoms with Crippen molar-refractivity contribution in [2.45, 2.75) is 20.3 Å². The Morgan fingerprint density at radius 2 is 2.20 bits per heavy atom. The second kappa shape index (κ2) is 3.97. The van der Waals surface area contributed by atoms with Gasteiger partial charge in [0, 0.05) is 10.4 Å². The van der Waals surface area contributed by atoms with Crippen molar-refractivity contribution in [2.75, 3.05) is 5.32 Å². The van der Waals surface area contributed by atoms with E-state index in [2.05, 4.69) is 28.2 Å². The van der Waals surface area contributed by atoms with Crippen LogP contribution < -0.4 is 5.32 Å². The molecule has 80 valence electrons. The summed E-state index contributed by atoms with van der Waals surface area (Å²) in [4.78, 5) is 11.7. The first-order valence-electron chi connectivity index (χ1n) is 5.15. The van der Waals surface area contributed by atoms with Gasteiger partial charge < -0.3 is 5.32 Å². The second-order valence-electron chi connectivity index (χ2n) is 4.29. The summed E-state index contributed by atoms with van der Waals surface area (Å²) in [5, 5.41) is 2.96. The summed E-state index contributed by atoms with van der Waals surface area (Å²) in [7, 11) is 0. The zero-order chi connectivity index (χ0) is 11.0. The van der Waals surface area contributed by atoms with Gasteiger partial charge in [-0.05, 0) is 52.9 Å². The van der Waals surface area contributed by atoms with Crippen LogP contribution in [0.3, 0.4) is 0 Å². The first kappa shape index (κ1) is 10.7. The number of rotatable bonds is 2. The van der Waals surface area contributed by atoms with Gasteiger partial charge in [-0.1, -0.05) is 13.0 Å². The maximum Gasteiger partial charge on any atom is 0.227 e. The van der Waals surface area contributed by atoms with E-state index in [-0.39, 0.29) is 11.8 Å². The van der Waals surface area contributed by atoms with Crippen LogP contribution in [0.1, 0.15) is 18.9 Å². The molecule has 1 aromatic rings. The Bertz CT molecular complexity index is 403. The maximum atomic E-state index is 11.7. The van der Waals surface area contributed by atoms with Gasteiger partial charge in [0.05, 0.1) is 5.69 Å². The molecule has 1 aliphatic rings. The average molecular weight is 268 g/mol. The van der Waals surface area contributed by atoms with Gasteiger partial charge in [-0.25, -0.2) is 0 Å². The Hall–Kier alpha value is -0.830. The molecule has 2 rings (SSSR count). The predicted octanol–water partition coefficient (Wildman–Crippen LogP) is 3.35. The van der Waals surface area contributed by atoms with Crippen molar-refractivity contribution in [2.24, 2.45) is 11.8 Å². The summed E-state index contributed by atoms with van der Waals surface area (Å²) >= 11 is 3.43. The number of nitrogens with one attached hydrogen (secondary N) is 1. The molecule has 2 unspecified atom stereocenters. The predicted molar refractivity (Wildman–Crippen MR) is 64.8 cm³/mol. The third-order valence-corrected chi connectivity index (χ3v) is 3.52. The lowest BCUT2D eigenvalue weighted by Gasteiger charge is -2.07. The monoisotopic (exact) mass is 267 g/mol. The smallest absolute Gasteiger partial charge is 0.227 e. The Morgan fingerprint density at radius 3 is 2.80 bits per heavy atom. The highest BCUT2D eigenvalue weighted by atomic mass is 79.9. The van der Waals surface area contributed by atoms with Gasteiger partial charge in [0.25, 0.3) is 0 Å². The van der Waals surface area contributed by atoms with E-state index in [0.29, 0.717) is 5.92 Å². The van der Waals surface area contributed by atoms with Crippen LogP contribution in [0, 0.1) is 18.8 Å². The first-order chi connectivity index (χ1) is 7.08. The van der Waals surface area contributed by atoms with Gasteiger partial charge in [-0.2, -0.15) is 0 Å². The number of benzene rings is 1. The lowest BCUT2D eigenvalue weighted by molar-refractivity contribution is -0.117. The summed E-state index contributed by atoms with van der Waals surface area (Å²) in [6.45, 7) is 4.12. The van der Waals surface area contributed by atoms with E-state index in [9.17, 15) is 4.79 Å². The lowest BCUT2D eigenvalue weighted by atomic mass is 10.2. The number of halogens is 1. The minimum absolute atomic E-state index is 0.147. The molecule has 1 aromatic carbocycles. The zero-order valence-electron chi connectivity index (χ0n) is 8.88. The molecule has 2 nitrogen and oxygen atoms in total. The van der Waals surface area contributed by atoms with Crippen molar-refractivity contribution in [3.8, 4) is 0 Å². The highest BCUT2D eigenvalue weighted by molar-refractivity contribution is 9.10. The molecule has 0 radical (unpaired) electrons. The molecule has 3 heteroatoms. The van der Waals surface area contributed by atoms with Crippen LogP contribution in [0.15, 0.2) is 22.7 Å². The molecule has 1 N–H and O–H groups in total. The van der Waals surface area contributed by atoms with Crippen LogP contribution in [0.4, 0.5) is 5.69 Å². The highest BCUT2D eigenvalue weighted by Gasteiger charge is 2.39. The quantitative estimate of drug-likeness (QED) is 0.875. The van der Waals surface area contributed by atoms with E-state index in [1.807, 2.05) is 25.1 Å². The molecule has 0 aliphatic heterocycles. The average Bonchev–Trinajstić information content (AvgIpc) is 2.89. The van der Waals surface area contributed by atoms with E-state index in [1.54, 1.807) is 0 Å². The summed E-state index contributed by atoms with van der Waals surface area (Å²) in [5.41, 5.74) is 2.02. The number of carbonyl (C=O) groups is 1. The number of carbonyl (C=O) groups excluding carboxylic acids is 1. The van der Waals surface area contributed by atoms with Crippen molar-refractivity contribution in [3.63, 3.8) is 0 Å². The highest BCUT2D eigenvalue weighted by Crippen LogP contribution is 2.39. The minimum Gasteiger partial charge on any atom is -0.325 e. The largest absolute Gasteiger partial charge is 0.325 e. The molecular formula is C12H14BrNO. The molecule has 0 bridgehead atoms. The van der Waals surface area contributed by atoms with Gasteiger partial charge in [-0.15, -0.1) is 0 Å². The Balaban J connectivity index is 2.10. The third-order valence-electron chi connectivity index (χ3n) is 2.83. The number of aryl methyl sites for hydroxylation is 1. The molecule has 0 aromatic heterocycles. The van der Waals surface area contributed by atoms with Crippen molar-refractivity contribution in [1.29, 1.82) is 0 Å². The number of anilines is 1. The molecule has 2 atom stereocenters. The van der Waals surface area contributed by atoms with Gasteiger partial charge >= 0.3 is 0 Å². The Morgan fingerprint density at radius 1 is 1.53 bits per heavy atom. The van der Waals surface area contributed by atoms with Crippen molar-refractivity contribution < 1.29 is 4.79 Å². The molecule has 15 heavy (non-hydrogen) atoms. The van der Waals surface area contributed by atoms with Crippen LogP contribution in [0.2, 0.25) is 0 Å². The van der Waals surface area contributed by atoms with Crippen molar-refractivity contribution in [3.05, 3.63) is 28.2 Å². The summed E-state index contributed by atoms with van der Waals surface area (Å²) < 4.78 is 0.940. The summed E-state index contributed by atoms with van der Waals surface area (Å²) in [6.07, 6.45) is 1.02. The van der Waals surface area contributed by atoms with Crippen molar-refractivity contribution >= 4 is 27.5 Å². The molecule has 0 heterocycles. The van der Waals surface area contributed by atoms with E-state index < -0.39 is 0 Å². The van der Waals surface area contributed by atoms with Crippen molar-refractivity contribution in [1.82, 2.24) is 0 Å². The molecule has 1 aliphatic carbocycles. The van der Waals surface area contributed by atoms with Gasteiger partial charge in [0.1, 0.15) is 0 Å². The summed E-state index contributed by atoms with van der Waals surface area (Å²) in [5.74, 6) is 0.916. The second-order valence-corrected chi connectivity index (χ2v) is 5.15. The Labute approximate surface area is 98.2 Å². The molecule has 1 fully saturated rings. The molecular weight excluding hydrogens is 254 g/mol. The summed E-state index contributed by atoms with van der Waals surface area (Å²) in [6, 6.07) is 5.95. The SMILES string of the molecule is Cc1ccc(Br)c(NC(=O)C2CC2C)c1. The maximum absolute atomic E-state index is 11.7. The lowest BCUT2D eigenvalue weighted by Crippen LogP contribution is -2.14. The Kier molecular flexibility index (Phi) is 2.83. The number of hydrogen-bond acceptors (Lipinski definition) is 1. The molecule has 1 amide bonds. The van der Waals surface area contributed by atoms with Gasteiger partial charge in [-0.3, -0.25) is 4.79 Å². The van der Waals surface area contributed by atoms with Crippen LogP contribution in [0.25, 0.3) is 0 Å². The van der Waals surface area contributed by atoms with Crippen LogP contribution in [-0.4, -0.2) is 5.91 Å². The van der Waals surface area contributed by atoms with Gasteiger partial charge in [0.15, 0.2) is 0 Å². The third kappa shape index (κ3) is 2.40. The van der Waals surface area contributed by atoms with Crippen LogP contribution in [-0.2, 0) is 4.79 Å². The molecule has 0 saturated heterocycles. The fourth-order valence-electron chi connectivity index (χ4n) is 1.65. The fourth-order valence-corrected chi connectivity index (χ4v) is 1.99.